The minimum absolute atomic E-state index is 0.749. The molecule has 106 valence electrons. The maximum absolute atomic E-state index is 12.5. The van der Waals surface area contributed by atoms with Gasteiger partial charge in [-0.05, 0) is 0 Å². The molecule has 0 amide bonds. The van der Waals surface area contributed by atoms with Crippen molar-refractivity contribution < 1.29 is 49.8 Å². The Morgan fingerprint density at radius 1 is 1.00 bits per heavy atom. The van der Waals surface area contributed by atoms with Crippen LogP contribution in [0, 0.1) is 0 Å². The Labute approximate surface area is 94.6 Å². The molecule has 0 aliphatic rings. The van der Waals surface area contributed by atoms with Gasteiger partial charge in [-0.25, -0.2) is 9.59 Å². The minimum Gasteiger partial charge on any atom is -0.466 e. The summed E-state index contributed by atoms with van der Waals surface area (Å²) in [7, 11) is 0.749. The van der Waals surface area contributed by atoms with Crippen LogP contribution in [0.5, 0.6) is 0 Å². The number of esters is 2. The maximum Gasteiger partial charge on any atom is 0.460 e. The number of rotatable bonds is 4. The average molecular weight is 286 g/mol. The van der Waals surface area contributed by atoms with Gasteiger partial charge < -0.3 is 9.47 Å². The van der Waals surface area contributed by atoms with Gasteiger partial charge in [-0.1, -0.05) is 0 Å². The van der Waals surface area contributed by atoms with Crippen LogP contribution in [-0.4, -0.2) is 43.7 Å². The molecule has 0 rings (SSSR count). The Kier molecular flexibility index (Phi) is 4.55. The van der Waals surface area contributed by atoms with Crippen LogP contribution in [0.4, 0.5) is 30.7 Å². The summed E-state index contributed by atoms with van der Waals surface area (Å²) in [6, 6.07) is 0. The Bertz CT molecular complexity index is 335. The molecule has 4 nitrogen and oxygen atoms in total. The summed E-state index contributed by atoms with van der Waals surface area (Å²) in [6.07, 6.45) is -6.65. The number of halogens is 7. The number of carbonyl (C=O) groups is 2. The van der Waals surface area contributed by atoms with Crippen molar-refractivity contribution >= 4 is 11.9 Å². The third-order valence-corrected chi connectivity index (χ3v) is 1.56. The van der Waals surface area contributed by atoms with E-state index < -0.39 is 36.6 Å². The average Bonchev–Trinajstić information content (AvgIpc) is 2.23. The predicted octanol–water partition coefficient (Wildman–Crippen LogP) is 1.54. The van der Waals surface area contributed by atoms with E-state index in [0.717, 1.165) is 7.11 Å². The monoisotopic (exact) mass is 286 g/mol. The van der Waals surface area contributed by atoms with Crippen molar-refractivity contribution in [2.45, 2.75) is 18.0 Å². The fourth-order valence-electron chi connectivity index (χ4n) is 0.580. The van der Waals surface area contributed by atoms with E-state index in [1.165, 1.54) is 0 Å². The summed E-state index contributed by atoms with van der Waals surface area (Å²) >= 11 is 0. The van der Waals surface area contributed by atoms with E-state index in [1.54, 1.807) is 0 Å². The lowest BCUT2D eigenvalue weighted by atomic mass is 10.1. The molecule has 0 aromatic carbocycles. The molecule has 11 heteroatoms. The van der Waals surface area contributed by atoms with E-state index in [1.807, 2.05) is 0 Å². The van der Waals surface area contributed by atoms with Crippen LogP contribution in [0.1, 0.15) is 0 Å². The highest BCUT2D eigenvalue weighted by Gasteiger charge is 2.77. The zero-order valence-electron chi connectivity index (χ0n) is 8.49. The minimum atomic E-state index is -6.65. The third kappa shape index (κ3) is 3.01. The van der Waals surface area contributed by atoms with Crippen LogP contribution < -0.4 is 0 Å². The highest BCUT2D eigenvalue weighted by molar-refractivity contribution is 5.82. The van der Waals surface area contributed by atoms with Crippen molar-refractivity contribution in [2.75, 3.05) is 13.7 Å². The van der Waals surface area contributed by atoms with Crippen LogP contribution in [0.2, 0.25) is 0 Å². The summed E-state index contributed by atoms with van der Waals surface area (Å²) in [5.41, 5.74) is 0. The summed E-state index contributed by atoms with van der Waals surface area (Å²) in [5, 5.41) is 0. The van der Waals surface area contributed by atoms with Crippen molar-refractivity contribution in [1.29, 1.82) is 0 Å². The lowest BCUT2D eigenvalue weighted by molar-refractivity contribution is -0.348. The first-order valence-electron chi connectivity index (χ1n) is 3.94. The molecule has 18 heavy (non-hydrogen) atoms. The van der Waals surface area contributed by atoms with E-state index in [4.69, 9.17) is 0 Å². The SMILES string of the molecule is COC(=O)COC(=O)C(F)(F)C(F)(F)C(F)(F)F. The first-order valence-corrected chi connectivity index (χ1v) is 3.94. The molecule has 0 saturated carbocycles. The number of ether oxygens (including phenoxy) is 2. The molecular formula is C7H5F7O4. The van der Waals surface area contributed by atoms with E-state index in [-0.39, 0.29) is 0 Å². The molecule has 0 aliphatic heterocycles. The van der Waals surface area contributed by atoms with Gasteiger partial charge in [0.25, 0.3) is 0 Å². The van der Waals surface area contributed by atoms with Crippen LogP contribution in [-0.2, 0) is 19.1 Å². The van der Waals surface area contributed by atoms with Crippen molar-refractivity contribution in [3.8, 4) is 0 Å². The molecule has 0 aliphatic carbocycles. The van der Waals surface area contributed by atoms with Gasteiger partial charge in [0, 0.05) is 0 Å². The first-order chi connectivity index (χ1) is 7.88. The maximum atomic E-state index is 12.5. The lowest BCUT2D eigenvalue weighted by Gasteiger charge is -2.26. The van der Waals surface area contributed by atoms with Crippen LogP contribution in [0.15, 0.2) is 0 Å². The molecule has 0 N–H and O–H groups in total. The van der Waals surface area contributed by atoms with Gasteiger partial charge in [0.1, 0.15) is 0 Å². The molecule has 0 atom stereocenters. The normalized spacial score (nSPS) is 13.1. The second kappa shape index (κ2) is 4.98. The van der Waals surface area contributed by atoms with E-state index in [9.17, 15) is 40.3 Å². The van der Waals surface area contributed by atoms with Gasteiger partial charge in [-0.2, -0.15) is 30.7 Å². The quantitative estimate of drug-likeness (QED) is 0.581. The Hall–Kier alpha value is -1.55. The van der Waals surface area contributed by atoms with E-state index in [2.05, 4.69) is 9.47 Å². The fraction of sp³-hybridized carbons (Fsp3) is 0.714. The zero-order chi connectivity index (χ0) is 14.8. The molecule has 0 unspecified atom stereocenters. The first kappa shape index (κ1) is 16.4. The second-order valence-corrected chi connectivity index (χ2v) is 2.80. The van der Waals surface area contributed by atoms with Gasteiger partial charge in [0.2, 0.25) is 0 Å². The summed E-state index contributed by atoms with van der Waals surface area (Å²) in [6.45, 7) is -1.52. The van der Waals surface area contributed by atoms with Gasteiger partial charge in [0.15, 0.2) is 6.61 Å². The number of alkyl halides is 7. The number of hydrogen-bond donors (Lipinski definition) is 0. The van der Waals surface area contributed by atoms with E-state index >= 15 is 0 Å². The van der Waals surface area contributed by atoms with Crippen molar-refractivity contribution in [1.82, 2.24) is 0 Å². The molecule has 0 bridgehead atoms. The highest BCUT2D eigenvalue weighted by Crippen LogP contribution is 2.46. The van der Waals surface area contributed by atoms with Crippen LogP contribution in [0.3, 0.4) is 0 Å². The fourth-order valence-corrected chi connectivity index (χ4v) is 0.580. The van der Waals surface area contributed by atoms with Crippen LogP contribution in [0.25, 0.3) is 0 Å². The Balaban J connectivity index is 4.93. The molecule has 0 saturated heterocycles. The zero-order valence-corrected chi connectivity index (χ0v) is 8.49. The smallest absolute Gasteiger partial charge is 0.460 e. The molecule has 0 spiro atoms. The van der Waals surface area contributed by atoms with Crippen LogP contribution >= 0.6 is 0 Å². The van der Waals surface area contributed by atoms with Crippen molar-refractivity contribution in [3.05, 3.63) is 0 Å². The van der Waals surface area contributed by atoms with Gasteiger partial charge in [-0.15, -0.1) is 0 Å². The summed E-state index contributed by atoms with van der Waals surface area (Å²) < 4.78 is 91.6. The van der Waals surface area contributed by atoms with Gasteiger partial charge >= 0.3 is 30.0 Å². The molecule has 0 radical (unpaired) electrons. The van der Waals surface area contributed by atoms with Gasteiger partial charge in [-0.3, -0.25) is 0 Å². The molecule has 0 heterocycles. The Morgan fingerprint density at radius 3 is 1.78 bits per heavy atom. The second-order valence-electron chi connectivity index (χ2n) is 2.80. The standard InChI is InChI=1S/C7H5F7O4/c1-17-3(15)2-18-4(16)5(8,9)6(10,11)7(12,13)14/h2H2,1H3. The molecule has 0 aromatic rings. The molecule has 0 fully saturated rings. The topological polar surface area (TPSA) is 52.6 Å². The molecular weight excluding hydrogens is 281 g/mol. The highest BCUT2D eigenvalue weighted by atomic mass is 19.4. The summed E-state index contributed by atoms with van der Waals surface area (Å²) in [4.78, 5) is 20.8. The molecule has 0 aromatic heterocycles. The number of carbonyl (C=O) groups excluding carboxylic acids is 2. The number of hydrogen-bond acceptors (Lipinski definition) is 4. The summed E-state index contributed by atoms with van der Waals surface area (Å²) in [5.74, 6) is -17.4. The van der Waals surface area contributed by atoms with Crippen molar-refractivity contribution in [3.63, 3.8) is 0 Å². The third-order valence-electron chi connectivity index (χ3n) is 1.56. The Morgan fingerprint density at radius 2 is 1.44 bits per heavy atom. The van der Waals surface area contributed by atoms with E-state index in [0.29, 0.717) is 0 Å². The van der Waals surface area contributed by atoms with Crippen molar-refractivity contribution in [2.24, 2.45) is 0 Å². The predicted molar refractivity (Wildman–Crippen MR) is 38.9 cm³/mol. The van der Waals surface area contributed by atoms with Gasteiger partial charge in [0.05, 0.1) is 7.11 Å². The number of methoxy groups -OCH3 is 1. The largest absolute Gasteiger partial charge is 0.466 e. The lowest BCUT2D eigenvalue weighted by Crippen LogP contribution is -2.56.